The Kier molecular flexibility index (Phi) is 0.917. The van der Waals surface area contributed by atoms with Gasteiger partial charge >= 0.3 is 0 Å². The molecule has 0 aromatic carbocycles. The Labute approximate surface area is 58.1 Å². The topological polar surface area (TPSA) is 43.3 Å². The van der Waals surface area contributed by atoms with E-state index in [9.17, 15) is 0 Å². The van der Waals surface area contributed by atoms with Gasteiger partial charge in [0.2, 0.25) is 0 Å². The van der Waals surface area contributed by atoms with Gasteiger partial charge in [-0.1, -0.05) is 0 Å². The minimum absolute atomic E-state index is 0.514. The van der Waals surface area contributed by atoms with Crippen LogP contribution in [-0.2, 0) is 0 Å². The summed E-state index contributed by atoms with van der Waals surface area (Å²) in [5.41, 5.74) is 6.44. The molecule has 2 rings (SSSR count). The van der Waals surface area contributed by atoms with E-state index in [0.717, 1.165) is 5.52 Å². The Morgan fingerprint density at radius 3 is 3.20 bits per heavy atom. The quantitative estimate of drug-likeness (QED) is 0.573. The molecular weight excluding hydrogens is 126 g/mol. The zero-order valence-electron chi connectivity index (χ0n) is 5.28. The summed E-state index contributed by atoms with van der Waals surface area (Å²) in [4.78, 5) is 0. The number of hydrogen-bond acceptors (Lipinski definition) is 2. The van der Waals surface area contributed by atoms with Crippen molar-refractivity contribution in [3.8, 4) is 0 Å². The minimum Gasteiger partial charge on any atom is -0.382 e. The molecule has 0 spiro atoms. The lowest BCUT2D eigenvalue weighted by atomic mass is 10.4. The van der Waals surface area contributed by atoms with Crippen LogP contribution in [0.15, 0.2) is 24.3 Å². The van der Waals surface area contributed by atoms with Gasteiger partial charge in [0, 0.05) is 0 Å². The van der Waals surface area contributed by atoms with Crippen LogP contribution < -0.4 is 5.73 Å². The van der Waals surface area contributed by atoms with Crippen LogP contribution >= 0.6 is 0 Å². The molecule has 10 heavy (non-hydrogen) atoms. The Balaban J connectivity index is 2.86. The zero-order valence-corrected chi connectivity index (χ0v) is 5.28. The summed E-state index contributed by atoms with van der Waals surface area (Å²) in [6.07, 6.45) is 2.89. The molecule has 2 heterocycles. The summed E-state index contributed by atoms with van der Waals surface area (Å²) in [6, 6.07) is 7.40. The maximum Gasteiger partial charge on any atom is 0.144 e. The van der Waals surface area contributed by atoms with Gasteiger partial charge < -0.3 is 5.73 Å². The lowest BCUT2D eigenvalue weighted by molar-refractivity contribution is 0.944. The standard InChI is InChI=1S/C7H6N3/c8-7-4-3-6-2-1-5-10(6)9-7/h1-4H,(H2,8,9). The molecule has 0 aliphatic carbocycles. The van der Waals surface area contributed by atoms with Crippen LogP contribution in [0.25, 0.3) is 5.52 Å². The van der Waals surface area contributed by atoms with Crippen molar-refractivity contribution < 1.29 is 0 Å². The van der Waals surface area contributed by atoms with Crippen molar-refractivity contribution in [2.24, 2.45) is 0 Å². The van der Waals surface area contributed by atoms with Gasteiger partial charge in [-0.25, -0.2) is 4.52 Å². The van der Waals surface area contributed by atoms with Crippen LogP contribution in [0.1, 0.15) is 0 Å². The zero-order chi connectivity index (χ0) is 6.97. The summed E-state index contributed by atoms with van der Waals surface area (Å²) in [6.45, 7) is 0. The molecule has 2 N–H and O–H groups in total. The number of fused-ring (bicyclic) bond motifs is 1. The predicted octanol–water partition coefficient (Wildman–Crippen LogP) is 0.717. The van der Waals surface area contributed by atoms with Gasteiger partial charge in [0.1, 0.15) is 5.82 Å². The lowest BCUT2D eigenvalue weighted by Crippen LogP contribution is -1.95. The van der Waals surface area contributed by atoms with Crippen LogP contribution in [0.3, 0.4) is 0 Å². The molecule has 0 saturated carbocycles. The van der Waals surface area contributed by atoms with E-state index in [1.165, 1.54) is 0 Å². The Morgan fingerprint density at radius 1 is 1.40 bits per heavy atom. The molecule has 0 saturated heterocycles. The average Bonchev–Trinajstić information content (AvgIpc) is 2.33. The molecule has 2 aromatic rings. The summed E-state index contributed by atoms with van der Waals surface area (Å²) >= 11 is 0. The van der Waals surface area contributed by atoms with Crippen molar-refractivity contribution in [2.75, 3.05) is 5.73 Å². The Hall–Kier alpha value is -1.51. The first-order valence-electron chi connectivity index (χ1n) is 2.98. The normalized spacial score (nSPS) is 10.4. The van der Waals surface area contributed by atoms with E-state index in [1.54, 1.807) is 10.6 Å². The van der Waals surface area contributed by atoms with E-state index in [0.29, 0.717) is 5.82 Å². The molecular formula is C7H6N3. The van der Waals surface area contributed by atoms with Crippen molar-refractivity contribution in [3.05, 3.63) is 30.5 Å². The van der Waals surface area contributed by atoms with Crippen molar-refractivity contribution in [3.63, 3.8) is 0 Å². The van der Waals surface area contributed by atoms with E-state index in [4.69, 9.17) is 5.73 Å². The van der Waals surface area contributed by atoms with Crippen LogP contribution in [0.2, 0.25) is 0 Å². The van der Waals surface area contributed by atoms with E-state index >= 15 is 0 Å². The van der Waals surface area contributed by atoms with Crippen LogP contribution in [0.5, 0.6) is 0 Å². The number of aromatic nitrogens is 2. The lowest BCUT2D eigenvalue weighted by Gasteiger charge is -1.92. The molecule has 0 fully saturated rings. The van der Waals surface area contributed by atoms with E-state index in [1.807, 2.05) is 18.2 Å². The fourth-order valence-corrected chi connectivity index (χ4v) is 0.871. The monoisotopic (exact) mass is 132 g/mol. The summed E-state index contributed by atoms with van der Waals surface area (Å²) in [7, 11) is 0. The Morgan fingerprint density at radius 2 is 2.30 bits per heavy atom. The number of hydrogen-bond donors (Lipinski definition) is 1. The third-order valence-electron chi connectivity index (χ3n) is 1.34. The van der Waals surface area contributed by atoms with Crippen LogP contribution in [0, 0.1) is 6.20 Å². The maximum absolute atomic E-state index is 5.43. The predicted molar refractivity (Wildman–Crippen MR) is 38.4 cm³/mol. The summed E-state index contributed by atoms with van der Waals surface area (Å²) in [5.74, 6) is 0.514. The maximum atomic E-state index is 5.43. The van der Waals surface area contributed by atoms with Gasteiger partial charge in [-0.15, -0.1) is 0 Å². The van der Waals surface area contributed by atoms with Crippen LogP contribution in [-0.4, -0.2) is 9.61 Å². The average molecular weight is 132 g/mol. The third-order valence-corrected chi connectivity index (χ3v) is 1.34. The van der Waals surface area contributed by atoms with E-state index < -0.39 is 0 Å². The fourth-order valence-electron chi connectivity index (χ4n) is 0.871. The summed E-state index contributed by atoms with van der Waals surface area (Å²) < 4.78 is 1.62. The van der Waals surface area contributed by atoms with Crippen LogP contribution in [0.4, 0.5) is 5.82 Å². The molecule has 0 aliphatic heterocycles. The molecule has 0 amide bonds. The van der Waals surface area contributed by atoms with Crippen molar-refractivity contribution in [2.45, 2.75) is 0 Å². The smallest absolute Gasteiger partial charge is 0.144 e. The van der Waals surface area contributed by atoms with Gasteiger partial charge in [-0.2, -0.15) is 5.10 Å². The Bertz CT molecular complexity index is 350. The van der Waals surface area contributed by atoms with E-state index in [-0.39, 0.29) is 0 Å². The van der Waals surface area contributed by atoms with Crippen molar-refractivity contribution in [1.82, 2.24) is 9.61 Å². The first-order chi connectivity index (χ1) is 4.86. The van der Waals surface area contributed by atoms with Crippen molar-refractivity contribution >= 4 is 11.3 Å². The third kappa shape index (κ3) is 0.639. The van der Waals surface area contributed by atoms with E-state index in [2.05, 4.69) is 11.3 Å². The molecule has 3 heteroatoms. The van der Waals surface area contributed by atoms with Gasteiger partial charge in [-0.3, -0.25) is 0 Å². The number of anilines is 1. The molecule has 49 valence electrons. The number of nitrogens with two attached hydrogens (primary N) is 1. The minimum atomic E-state index is 0.514. The molecule has 0 aliphatic rings. The molecule has 0 bridgehead atoms. The highest BCUT2D eigenvalue weighted by molar-refractivity contribution is 5.48. The molecule has 1 radical (unpaired) electrons. The van der Waals surface area contributed by atoms with Gasteiger partial charge in [0.15, 0.2) is 0 Å². The largest absolute Gasteiger partial charge is 0.382 e. The highest BCUT2D eigenvalue weighted by atomic mass is 15.2. The van der Waals surface area contributed by atoms with Gasteiger partial charge in [0.05, 0.1) is 11.7 Å². The summed E-state index contributed by atoms with van der Waals surface area (Å²) in [5, 5.41) is 3.97. The highest BCUT2D eigenvalue weighted by Gasteiger charge is 1.91. The molecule has 2 aromatic heterocycles. The second-order valence-electron chi connectivity index (χ2n) is 2.06. The fraction of sp³-hybridized carbons (Fsp3) is 0. The molecule has 0 unspecified atom stereocenters. The number of rotatable bonds is 0. The highest BCUT2D eigenvalue weighted by Crippen LogP contribution is 2.03. The van der Waals surface area contributed by atoms with Gasteiger partial charge in [-0.05, 0) is 24.3 Å². The second-order valence-corrected chi connectivity index (χ2v) is 2.06. The SMILES string of the molecule is Nc1ccc2cc[c]n2n1. The second kappa shape index (κ2) is 1.73. The van der Waals surface area contributed by atoms with Crippen molar-refractivity contribution in [1.29, 1.82) is 0 Å². The number of nitrogens with zero attached hydrogens (tertiary/aromatic N) is 2. The number of nitrogen functional groups attached to an aromatic ring is 1. The molecule has 3 nitrogen and oxygen atoms in total. The first kappa shape index (κ1) is 5.29. The first-order valence-corrected chi connectivity index (χ1v) is 2.98. The molecule has 0 atom stereocenters. The van der Waals surface area contributed by atoms with Gasteiger partial charge in [0.25, 0.3) is 0 Å².